The van der Waals surface area contributed by atoms with Crippen molar-refractivity contribution in [1.29, 1.82) is 0 Å². The average Bonchev–Trinajstić information content (AvgIpc) is 3.97. The van der Waals surface area contributed by atoms with E-state index in [2.05, 4.69) is 189 Å². The second kappa shape index (κ2) is 12.4. The number of aryl methyl sites for hydroxylation is 5. The second-order valence-electron chi connectivity index (χ2n) is 19.5. The van der Waals surface area contributed by atoms with E-state index in [1.54, 1.807) is 0 Å². The molecule has 0 unspecified atom stereocenters. The number of benzene rings is 9. The molecule has 0 atom stereocenters. The largest absolute Gasteiger partial charge is 0.310 e. The first-order valence-corrected chi connectivity index (χ1v) is 24.1. The molecular weight excluding hydrogens is 784 g/mol. The number of fused-ring (bicyclic) bond motifs is 15. The molecule has 3 aliphatic heterocycles. The summed E-state index contributed by atoms with van der Waals surface area (Å²) in [4.78, 5) is 0. The molecule has 1 spiro atoms. The molecule has 1 aliphatic carbocycles. The third-order valence-corrected chi connectivity index (χ3v) is 16.6. The minimum Gasteiger partial charge on any atom is -0.310 e. The zero-order chi connectivity index (χ0) is 43.2. The van der Waals surface area contributed by atoms with Gasteiger partial charge in [0.05, 0.1) is 22.1 Å². The van der Waals surface area contributed by atoms with Crippen LogP contribution in [0.15, 0.2) is 146 Å². The van der Waals surface area contributed by atoms with Gasteiger partial charge >= 0.3 is 0 Å². The van der Waals surface area contributed by atoms with Crippen LogP contribution in [0.25, 0.3) is 88.0 Å². The van der Waals surface area contributed by atoms with Crippen molar-refractivity contribution in [2.24, 2.45) is 0 Å². The van der Waals surface area contributed by atoms with Crippen LogP contribution in [0, 0.1) is 6.92 Å². The fraction of sp³-hybridized carbons (Fsp3) is 0.161. The molecule has 4 aliphatic rings. The summed E-state index contributed by atoms with van der Waals surface area (Å²) < 4.78 is 5.53. The van der Waals surface area contributed by atoms with E-state index < -0.39 is 5.41 Å². The highest BCUT2D eigenvalue weighted by molar-refractivity contribution is 7.00. The Morgan fingerprint density at radius 1 is 0.400 bits per heavy atom. The van der Waals surface area contributed by atoms with Crippen molar-refractivity contribution in [2.75, 3.05) is 0 Å². The van der Waals surface area contributed by atoms with Crippen LogP contribution in [0.4, 0.5) is 0 Å². The summed E-state index contributed by atoms with van der Waals surface area (Å²) in [5.41, 5.74) is 29.8. The van der Waals surface area contributed by atoms with Gasteiger partial charge in [-0.05, 0) is 163 Å². The Morgan fingerprint density at radius 2 is 0.969 bits per heavy atom. The van der Waals surface area contributed by atoms with Crippen LogP contribution >= 0.6 is 0 Å². The number of hydrogen-bond donors (Lipinski definition) is 0. The highest BCUT2D eigenvalue weighted by atomic mass is 15.1. The number of aromatic nitrogens is 2. The first-order valence-electron chi connectivity index (χ1n) is 24.1. The summed E-state index contributed by atoms with van der Waals surface area (Å²) >= 11 is 0. The van der Waals surface area contributed by atoms with E-state index in [1.807, 2.05) is 0 Å². The van der Waals surface area contributed by atoms with Crippen molar-refractivity contribution in [1.82, 2.24) is 9.13 Å². The normalized spacial score (nSPS) is 14.3. The summed E-state index contributed by atoms with van der Waals surface area (Å²) in [6.07, 6.45) is 3.95. The molecule has 2 nitrogen and oxygen atoms in total. The second-order valence-corrected chi connectivity index (χ2v) is 19.5. The Labute approximate surface area is 379 Å². The van der Waals surface area contributed by atoms with Crippen molar-refractivity contribution < 1.29 is 0 Å². The maximum absolute atomic E-state index is 2.79. The predicted molar refractivity (Wildman–Crippen MR) is 276 cm³/mol. The summed E-state index contributed by atoms with van der Waals surface area (Å²) in [6.45, 7) is 11.6. The highest BCUT2D eigenvalue weighted by Gasteiger charge is 2.55. The lowest BCUT2D eigenvalue weighted by molar-refractivity contribution is 0.748. The van der Waals surface area contributed by atoms with Gasteiger partial charge < -0.3 is 9.13 Å². The van der Waals surface area contributed by atoms with Crippen LogP contribution in [0.3, 0.4) is 0 Å². The van der Waals surface area contributed by atoms with Crippen molar-refractivity contribution in [3.8, 4) is 33.6 Å². The lowest BCUT2D eigenvalue weighted by Crippen LogP contribution is -2.60. The van der Waals surface area contributed by atoms with Gasteiger partial charge in [0, 0.05) is 43.8 Å². The van der Waals surface area contributed by atoms with Crippen LogP contribution in [0.5, 0.6) is 0 Å². The molecule has 11 aromatic rings. The molecule has 0 bridgehead atoms. The summed E-state index contributed by atoms with van der Waals surface area (Å²) in [6, 6.07) is 58.2. The fourth-order valence-electron chi connectivity index (χ4n) is 13.8. The average molecular weight is 831 g/mol. The molecular formula is C62H47BN2. The lowest BCUT2D eigenvalue weighted by Gasteiger charge is -2.45. The van der Waals surface area contributed by atoms with E-state index in [0.29, 0.717) is 0 Å². The minimum atomic E-state index is -0.550. The van der Waals surface area contributed by atoms with E-state index in [4.69, 9.17) is 0 Å². The number of hydrogen-bond acceptors (Lipinski definition) is 0. The Kier molecular flexibility index (Phi) is 6.90. The molecule has 0 amide bonds. The van der Waals surface area contributed by atoms with E-state index in [0.717, 1.165) is 25.7 Å². The van der Waals surface area contributed by atoms with Crippen LogP contribution < -0.4 is 16.4 Å². The van der Waals surface area contributed by atoms with Crippen molar-refractivity contribution in [3.63, 3.8) is 0 Å². The predicted octanol–water partition coefficient (Wildman–Crippen LogP) is 13.1. The van der Waals surface area contributed by atoms with E-state index in [1.165, 1.54) is 154 Å². The molecule has 308 valence electrons. The van der Waals surface area contributed by atoms with E-state index >= 15 is 0 Å². The maximum atomic E-state index is 2.79. The molecule has 2 aromatic heterocycles. The molecule has 5 heterocycles. The third-order valence-electron chi connectivity index (χ3n) is 16.6. The molecule has 15 rings (SSSR count). The molecule has 0 fully saturated rings. The molecule has 0 radical (unpaired) electrons. The van der Waals surface area contributed by atoms with Gasteiger partial charge in [-0.1, -0.05) is 137 Å². The maximum Gasteiger partial charge on any atom is 0.252 e. The highest BCUT2D eigenvalue weighted by Crippen LogP contribution is 2.62. The topological polar surface area (TPSA) is 9.86 Å². The van der Waals surface area contributed by atoms with Gasteiger partial charge in [0.1, 0.15) is 0 Å². The molecule has 9 aromatic carbocycles. The Bertz CT molecular complexity index is 3980. The van der Waals surface area contributed by atoms with Gasteiger partial charge in [0.2, 0.25) is 0 Å². The zero-order valence-corrected chi connectivity index (χ0v) is 37.7. The zero-order valence-electron chi connectivity index (χ0n) is 37.7. The standard InChI is InChI=1S/C62H47BN2/c1-6-35-23-25-55-44(26-35)45-28-37(8-3)31-53-58(45)64(55)60-48(41-24-22-34(5)39-16-10-11-17-40(39)41)33-52-61-56(60)63(53)54-32-38(9-4)29-47-46-27-36(7-2)30-51(57(46)65(61)59(47)54)62(52)49-20-14-12-18-42(49)43-19-13-15-21-50(43)62/h10-33H,6-9H2,1-5H3. The van der Waals surface area contributed by atoms with Crippen molar-refractivity contribution in [3.05, 3.63) is 196 Å². The molecule has 0 saturated heterocycles. The van der Waals surface area contributed by atoms with E-state index in [9.17, 15) is 0 Å². The Balaban J connectivity index is 1.27. The lowest BCUT2D eigenvalue weighted by atomic mass is 9.33. The Hall–Kier alpha value is -7.10. The van der Waals surface area contributed by atoms with Crippen LogP contribution in [-0.4, -0.2) is 15.8 Å². The van der Waals surface area contributed by atoms with Gasteiger partial charge in [-0.3, -0.25) is 0 Å². The van der Waals surface area contributed by atoms with Crippen molar-refractivity contribution >= 4 is 77.5 Å². The van der Waals surface area contributed by atoms with Gasteiger partial charge in [-0.2, -0.15) is 0 Å². The number of rotatable bonds is 5. The fourth-order valence-corrected chi connectivity index (χ4v) is 13.8. The molecule has 3 heteroatoms. The summed E-state index contributed by atoms with van der Waals surface area (Å²) in [5, 5.41) is 8.16. The smallest absolute Gasteiger partial charge is 0.252 e. The molecule has 0 saturated carbocycles. The third kappa shape index (κ3) is 4.13. The summed E-state index contributed by atoms with van der Waals surface area (Å²) in [7, 11) is 0. The van der Waals surface area contributed by atoms with Crippen molar-refractivity contribution in [2.45, 2.75) is 65.7 Å². The van der Waals surface area contributed by atoms with Crippen LogP contribution in [0.1, 0.15) is 77.8 Å². The van der Waals surface area contributed by atoms with E-state index in [-0.39, 0.29) is 6.71 Å². The molecule has 0 N–H and O–H groups in total. The monoisotopic (exact) mass is 830 g/mol. The quantitative estimate of drug-likeness (QED) is 0.153. The first-order chi connectivity index (χ1) is 32.0. The van der Waals surface area contributed by atoms with Gasteiger partial charge in [0.25, 0.3) is 6.71 Å². The summed E-state index contributed by atoms with van der Waals surface area (Å²) in [5.74, 6) is 0. The molecule has 65 heavy (non-hydrogen) atoms. The van der Waals surface area contributed by atoms with Gasteiger partial charge in [-0.25, -0.2) is 0 Å². The van der Waals surface area contributed by atoms with Crippen LogP contribution in [-0.2, 0) is 31.1 Å². The Morgan fingerprint density at radius 3 is 1.65 bits per heavy atom. The first kappa shape index (κ1) is 36.3. The SMILES string of the molecule is CCc1ccc2c(c1)c1cc(CC)cc3c1n2-c1c(-c2ccc(C)c4ccccc24)cc2c4c1B3c1cc(CC)cc3c5cc(CC)cc(c5n-4c13)C21c2ccccc2-c2ccccc21. The minimum absolute atomic E-state index is 0.0359. The van der Waals surface area contributed by atoms with Gasteiger partial charge in [-0.15, -0.1) is 0 Å². The van der Waals surface area contributed by atoms with Gasteiger partial charge in [0.15, 0.2) is 0 Å². The number of nitrogens with zero attached hydrogens (tertiary/aromatic N) is 2. The van der Waals surface area contributed by atoms with Crippen LogP contribution in [0.2, 0.25) is 0 Å².